The smallest absolute Gasteiger partial charge is 0.258 e. The van der Waals surface area contributed by atoms with Gasteiger partial charge in [0.1, 0.15) is 17.3 Å². The van der Waals surface area contributed by atoms with E-state index in [9.17, 15) is 14.0 Å². The van der Waals surface area contributed by atoms with Crippen molar-refractivity contribution in [2.45, 2.75) is 38.0 Å². The number of halogens is 1. The van der Waals surface area contributed by atoms with Gasteiger partial charge < -0.3 is 20.1 Å². The molecule has 1 spiro atoms. The van der Waals surface area contributed by atoms with Gasteiger partial charge in [-0.1, -0.05) is 12.1 Å². The number of ether oxygens (including phenoxy) is 2. The van der Waals surface area contributed by atoms with Gasteiger partial charge in [-0.3, -0.25) is 9.59 Å². The van der Waals surface area contributed by atoms with Crippen LogP contribution in [-0.2, 0) is 11.3 Å². The average molecular weight is 424 g/mol. The van der Waals surface area contributed by atoms with Crippen molar-refractivity contribution in [2.75, 3.05) is 7.11 Å². The lowest BCUT2D eigenvalue weighted by Gasteiger charge is -2.55. The highest BCUT2D eigenvalue weighted by molar-refractivity contribution is 5.98. The van der Waals surface area contributed by atoms with Gasteiger partial charge in [0.05, 0.1) is 12.7 Å². The molecule has 0 unspecified atom stereocenters. The van der Waals surface area contributed by atoms with Gasteiger partial charge >= 0.3 is 0 Å². The topological polar surface area (TPSA) is 76.7 Å². The fourth-order valence-corrected chi connectivity index (χ4v) is 5.41. The van der Waals surface area contributed by atoms with Crippen LogP contribution in [0.3, 0.4) is 0 Å². The number of amides is 2. The van der Waals surface area contributed by atoms with E-state index >= 15 is 0 Å². The predicted octanol–water partition coefficient (Wildman–Crippen LogP) is 3.41. The maximum Gasteiger partial charge on any atom is 0.258 e. The van der Waals surface area contributed by atoms with E-state index in [4.69, 9.17) is 9.47 Å². The van der Waals surface area contributed by atoms with Crippen LogP contribution in [0.5, 0.6) is 11.5 Å². The third kappa shape index (κ3) is 3.52. The predicted molar refractivity (Wildman–Crippen MR) is 111 cm³/mol. The van der Waals surface area contributed by atoms with Gasteiger partial charge in [-0.15, -0.1) is 0 Å². The largest absolute Gasteiger partial charge is 0.497 e. The third-order valence-corrected chi connectivity index (χ3v) is 6.96. The molecule has 6 nitrogen and oxygen atoms in total. The first kappa shape index (κ1) is 19.8. The third-order valence-electron chi connectivity index (χ3n) is 6.96. The standard InChI is InChI=1S/C24H25FN2O4/c1-30-18-7-8-19-21(11-18)31-24(27-23(19)29)12-15-5-6-16(24)10-20(15)22(28)26-13-14-3-2-4-17(25)9-14/h2-4,7-9,11,15-16,20H,5-6,10,12-13H2,1H3,(H,26,28)(H,27,29)/t15-,16+,20+,24+/m1/s1. The number of carbonyl (C=O) groups is 2. The van der Waals surface area contributed by atoms with Gasteiger partial charge in [0.15, 0.2) is 5.72 Å². The van der Waals surface area contributed by atoms with Crippen LogP contribution in [0.4, 0.5) is 4.39 Å². The number of hydrogen-bond acceptors (Lipinski definition) is 4. The summed E-state index contributed by atoms with van der Waals surface area (Å²) < 4.78 is 25.1. The highest BCUT2D eigenvalue weighted by atomic mass is 19.1. The summed E-state index contributed by atoms with van der Waals surface area (Å²) in [5.74, 6) is 0.719. The van der Waals surface area contributed by atoms with E-state index < -0.39 is 5.72 Å². The molecule has 2 amide bonds. The minimum atomic E-state index is -0.779. The average Bonchev–Trinajstić information content (AvgIpc) is 2.77. The number of nitrogens with one attached hydrogen (secondary N) is 2. The molecule has 6 rings (SSSR count). The number of benzene rings is 2. The lowest BCUT2D eigenvalue weighted by atomic mass is 9.60. The molecule has 2 aromatic rings. The number of methoxy groups -OCH3 is 1. The molecule has 0 aromatic heterocycles. The SMILES string of the molecule is COc1ccc2c(c1)O[C@]1(C[C@H]3CC[C@H]1C[C@@H]3C(=O)NCc1cccc(F)c1)NC2=O. The van der Waals surface area contributed by atoms with Crippen LogP contribution in [0, 0.1) is 23.6 Å². The number of rotatable bonds is 4. The normalized spacial score (nSPS) is 28.5. The Morgan fingerprint density at radius 1 is 1.29 bits per heavy atom. The van der Waals surface area contributed by atoms with Crippen molar-refractivity contribution in [3.8, 4) is 11.5 Å². The van der Waals surface area contributed by atoms with Crippen molar-refractivity contribution in [2.24, 2.45) is 17.8 Å². The van der Waals surface area contributed by atoms with E-state index in [-0.39, 0.29) is 35.4 Å². The van der Waals surface area contributed by atoms with Gasteiger partial charge in [-0.05, 0) is 55.0 Å². The molecule has 2 bridgehead atoms. The zero-order chi connectivity index (χ0) is 21.6. The van der Waals surface area contributed by atoms with Gasteiger partial charge in [0.25, 0.3) is 5.91 Å². The Kier molecular flexibility index (Phi) is 4.84. The van der Waals surface area contributed by atoms with Crippen LogP contribution >= 0.6 is 0 Å². The van der Waals surface area contributed by atoms with E-state index in [0.29, 0.717) is 36.4 Å². The summed E-state index contributed by atoms with van der Waals surface area (Å²) >= 11 is 0. The second-order valence-corrected chi connectivity index (χ2v) is 8.74. The van der Waals surface area contributed by atoms with E-state index in [1.165, 1.54) is 12.1 Å². The van der Waals surface area contributed by atoms with Crippen molar-refractivity contribution in [1.29, 1.82) is 0 Å². The highest BCUT2D eigenvalue weighted by Crippen LogP contribution is 2.52. The first-order valence-electron chi connectivity index (χ1n) is 10.7. The fourth-order valence-electron chi connectivity index (χ4n) is 5.41. The molecule has 2 N–H and O–H groups in total. The second-order valence-electron chi connectivity index (χ2n) is 8.74. The van der Waals surface area contributed by atoms with Crippen molar-refractivity contribution >= 4 is 11.8 Å². The Morgan fingerprint density at radius 2 is 2.16 bits per heavy atom. The Balaban J connectivity index is 1.30. The van der Waals surface area contributed by atoms with Gasteiger partial charge in [0.2, 0.25) is 5.91 Å². The van der Waals surface area contributed by atoms with Gasteiger partial charge in [-0.2, -0.15) is 0 Å². The Hall–Kier alpha value is -3.09. The summed E-state index contributed by atoms with van der Waals surface area (Å²) in [5, 5.41) is 6.07. The molecule has 3 fully saturated rings. The maximum atomic E-state index is 13.4. The molecule has 0 radical (unpaired) electrons. The van der Waals surface area contributed by atoms with E-state index in [2.05, 4.69) is 10.6 Å². The van der Waals surface area contributed by atoms with Crippen LogP contribution < -0.4 is 20.1 Å². The van der Waals surface area contributed by atoms with Crippen LogP contribution in [-0.4, -0.2) is 24.6 Å². The van der Waals surface area contributed by atoms with E-state index in [1.807, 2.05) is 0 Å². The first-order chi connectivity index (χ1) is 15.0. The van der Waals surface area contributed by atoms with Crippen molar-refractivity contribution < 1.29 is 23.5 Å². The molecule has 3 aliphatic carbocycles. The van der Waals surface area contributed by atoms with Gasteiger partial charge in [-0.25, -0.2) is 4.39 Å². The quantitative estimate of drug-likeness (QED) is 0.789. The fraction of sp³-hybridized carbons (Fsp3) is 0.417. The summed E-state index contributed by atoms with van der Waals surface area (Å²) in [6.07, 6.45) is 3.07. The minimum absolute atomic E-state index is 0.0157. The molecule has 2 aromatic carbocycles. The summed E-state index contributed by atoms with van der Waals surface area (Å²) in [4.78, 5) is 25.7. The van der Waals surface area contributed by atoms with Crippen molar-refractivity contribution in [3.05, 3.63) is 59.4 Å². The van der Waals surface area contributed by atoms with Crippen LogP contribution in [0.25, 0.3) is 0 Å². The number of fused-ring (bicyclic) bond motifs is 3. The molecular weight excluding hydrogens is 399 g/mol. The van der Waals surface area contributed by atoms with Crippen molar-refractivity contribution in [3.63, 3.8) is 0 Å². The van der Waals surface area contributed by atoms with Crippen LogP contribution in [0.1, 0.15) is 41.6 Å². The zero-order valence-electron chi connectivity index (χ0n) is 17.3. The number of hydrogen-bond donors (Lipinski definition) is 2. The van der Waals surface area contributed by atoms with Gasteiger partial charge in [0, 0.05) is 30.9 Å². The summed E-state index contributed by atoms with van der Waals surface area (Å²) in [6.45, 7) is 0.302. The zero-order valence-corrected chi connectivity index (χ0v) is 17.3. The molecule has 4 atom stereocenters. The molecule has 4 aliphatic rings. The lowest BCUT2D eigenvalue weighted by molar-refractivity contribution is -0.146. The summed E-state index contributed by atoms with van der Waals surface area (Å²) in [6, 6.07) is 11.4. The molecule has 7 heteroatoms. The Bertz CT molecular complexity index is 1040. The molecule has 162 valence electrons. The minimum Gasteiger partial charge on any atom is -0.497 e. The molecule has 31 heavy (non-hydrogen) atoms. The van der Waals surface area contributed by atoms with E-state index in [0.717, 1.165) is 18.4 Å². The Morgan fingerprint density at radius 3 is 2.90 bits per heavy atom. The Labute approximate surface area is 180 Å². The lowest BCUT2D eigenvalue weighted by Crippen LogP contribution is -2.66. The van der Waals surface area contributed by atoms with Crippen LogP contribution in [0.15, 0.2) is 42.5 Å². The second kappa shape index (κ2) is 7.55. The molecule has 0 saturated heterocycles. The maximum absolute atomic E-state index is 13.4. The first-order valence-corrected chi connectivity index (χ1v) is 10.7. The summed E-state index contributed by atoms with van der Waals surface area (Å²) in [7, 11) is 1.58. The summed E-state index contributed by atoms with van der Waals surface area (Å²) in [5.41, 5.74) is 0.454. The highest BCUT2D eigenvalue weighted by Gasteiger charge is 2.57. The molecular formula is C24H25FN2O4. The molecule has 1 heterocycles. The molecule has 1 aliphatic heterocycles. The van der Waals surface area contributed by atoms with Crippen LogP contribution in [0.2, 0.25) is 0 Å². The van der Waals surface area contributed by atoms with Crippen molar-refractivity contribution in [1.82, 2.24) is 10.6 Å². The number of carbonyl (C=O) groups excluding carboxylic acids is 2. The molecule has 3 saturated carbocycles. The monoisotopic (exact) mass is 424 g/mol. The van der Waals surface area contributed by atoms with E-state index in [1.54, 1.807) is 37.4 Å².